The number of rotatable bonds is 14. The van der Waals surface area contributed by atoms with Crippen molar-refractivity contribution in [1.29, 1.82) is 0 Å². The van der Waals surface area contributed by atoms with E-state index in [4.69, 9.17) is 0 Å². The van der Waals surface area contributed by atoms with Crippen LogP contribution < -0.4 is 20.9 Å². The molecule has 13 heteroatoms. The molecule has 0 aliphatic carbocycles. The van der Waals surface area contributed by atoms with Gasteiger partial charge < -0.3 is 35.8 Å². The van der Waals surface area contributed by atoms with Gasteiger partial charge in [-0.3, -0.25) is 24.1 Å². The summed E-state index contributed by atoms with van der Waals surface area (Å²) < 4.78 is 0. The number of nitrogens with zero attached hydrogens (tertiary/aromatic N) is 4. The third-order valence-electron chi connectivity index (χ3n) is 11.2. The molecule has 6 rings (SSSR count). The Kier molecular flexibility index (Phi) is 13.9. The smallest absolute Gasteiger partial charge is 0.405 e. The molecule has 2 heterocycles. The standard InChI is InChI=1S/C47H57N7O6/c1-47(2,3)41(50-46(59)60)45(58)54-29-13-19-39(54)43(56)49-36-26-22-33(23-27-36)31-52(37-16-10-7-11-17-37)30-32-20-24-35(25-21-32)48-42(55)38-18-12-28-53(38)44(57)40(51(4)5)34-14-8-6-9-15-34/h6-11,14-17,20-27,38-41,50H,12-13,18-19,28-31H2,1-5H3,(H,48,55)(H,49,56)(H,59,60)/t38-,39-,40+,41+/m0/s1. The highest BCUT2D eigenvalue weighted by Crippen LogP contribution is 2.29. The molecule has 0 unspecified atom stereocenters. The molecule has 0 spiro atoms. The van der Waals surface area contributed by atoms with E-state index in [-0.39, 0.29) is 17.7 Å². The van der Waals surface area contributed by atoms with Crippen LogP contribution in [0.25, 0.3) is 0 Å². The molecule has 4 atom stereocenters. The van der Waals surface area contributed by atoms with Crippen LogP contribution in [0.15, 0.2) is 109 Å². The van der Waals surface area contributed by atoms with Gasteiger partial charge in [0.15, 0.2) is 0 Å². The fourth-order valence-electron chi connectivity index (χ4n) is 8.15. The highest BCUT2D eigenvalue weighted by atomic mass is 16.4. The number of anilines is 3. The number of carboxylic acid groups (broad SMARTS) is 1. The average Bonchev–Trinajstić information content (AvgIpc) is 3.93. The molecule has 4 aromatic rings. The third kappa shape index (κ3) is 10.7. The second-order valence-electron chi connectivity index (χ2n) is 17.0. The van der Waals surface area contributed by atoms with Gasteiger partial charge >= 0.3 is 6.09 Å². The van der Waals surface area contributed by atoms with Crippen molar-refractivity contribution in [3.8, 4) is 0 Å². The van der Waals surface area contributed by atoms with Gasteiger partial charge in [0.2, 0.25) is 23.6 Å². The Balaban J connectivity index is 1.08. The lowest BCUT2D eigenvalue weighted by atomic mass is 9.85. The van der Waals surface area contributed by atoms with Crippen molar-refractivity contribution in [2.24, 2.45) is 5.41 Å². The number of carbonyl (C=O) groups is 5. The Hall–Kier alpha value is -6.21. The number of hydrogen-bond acceptors (Lipinski definition) is 7. The number of benzene rings is 4. The summed E-state index contributed by atoms with van der Waals surface area (Å²) >= 11 is 0. The number of carbonyl (C=O) groups excluding carboxylic acids is 4. The Bertz CT molecular complexity index is 2110. The monoisotopic (exact) mass is 815 g/mol. The zero-order valence-electron chi connectivity index (χ0n) is 35.1. The van der Waals surface area contributed by atoms with Crippen LogP contribution in [-0.2, 0) is 32.3 Å². The molecule has 5 amide bonds. The summed E-state index contributed by atoms with van der Waals surface area (Å²) in [5.74, 6) is -0.982. The van der Waals surface area contributed by atoms with E-state index >= 15 is 0 Å². The summed E-state index contributed by atoms with van der Waals surface area (Å²) in [5, 5.41) is 17.7. The van der Waals surface area contributed by atoms with Gasteiger partial charge in [0.25, 0.3) is 0 Å². The predicted octanol–water partition coefficient (Wildman–Crippen LogP) is 6.74. The Morgan fingerprint density at radius 2 is 1.12 bits per heavy atom. The Morgan fingerprint density at radius 1 is 0.667 bits per heavy atom. The maximum absolute atomic E-state index is 13.8. The van der Waals surface area contributed by atoms with E-state index in [1.807, 2.05) is 116 Å². The largest absolute Gasteiger partial charge is 0.465 e. The Morgan fingerprint density at radius 3 is 1.55 bits per heavy atom. The van der Waals surface area contributed by atoms with Gasteiger partial charge in [-0.15, -0.1) is 0 Å². The van der Waals surface area contributed by atoms with E-state index < -0.39 is 41.6 Å². The topological polar surface area (TPSA) is 155 Å². The fraction of sp³-hybridized carbons (Fsp3) is 0.383. The minimum absolute atomic E-state index is 0.0771. The van der Waals surface area contributed by atoms with Crippen molar-refractivity contribution >= 4 is 46.8 Å². The summed E-state index contributed by atoms with van der Waals surface area (Å²) in [6.45, 7) is 7.46. The van der Waals surface area contributed by atoms with E-state index in [9.17, 15) is 29.1 Å². The van der Waals surface area contributed by atoms with Crippen LogP contribution in [0.2, 0.25) is 0 Å². The lowest BCUT2D eigenvalue weighted by Crippen LogP contribution is -2.57. The van der Waals surface area contributed by atoms with Crippen molar-refractivity contribution in [2.75, 3.05) is 42.7 Å². The molecule has 4 N–H and O–H groups in total. The maximum Gasteiger partial charge on any atom is 0.405 e. The molecule has 13 nitrogen and oxygen atoms in total. The molecule has 2 saturated heterocycles. The summed E-state index contributed by atoms with van der Waals surface area (Å²) in [6, 6.07) is 32.4. The first-order valence-corrected chi connectivity index (χ1v) is 20.6. The highest BCUT2D eigenvalue weighted by molar-refractivity contribution is 5.99. The molecular formula is C47H57N7O6. The lowest BCUT2D eigenvalue weighted by Gasteiger charge is -2.34. The average molecular weight is 816 g/mol. The van der Waals surface area contributed by atoms with Crippen LogP contribution in [0.3, 0.4) is 0 Å². The highest BCUT2D eigenvalue weighted by Gasteiger charge is 2.42. The first-order chi connectivity index (χ1) is 28.7. The molecular weight excluding hydrogens is 759 g/mol. The Labute approximate surface area is 352 Å². The van der Waals surface area contributed by atoms with Crippen molar-refractivity contribution in [2.45, 2.75) is 83.7 Å². The number of hydrogen-bond donors (Lipinski definition) is 4. The van der Waals surface area contributed by atoms with E-state index in [1.54, 1.807) is 25.7 Å². The van der Waals surface area contributed by atoms with Crippen LogP contribution in [0.1, 0.15) is 69.2 Å². The number of amides is 5. The lowest BCUT2D eigenvalue weighted by molar-refractivity contribution is -0.141. The van der Waals surface area contributed by atoms with Crippen LogP contribution in [-0.4, -0.2) is 94.8 Å². The second kappa shape index (κ2) is 19.2. The SMILES string of the molecule is CN(C)[C@@H](C(=O)N1CCC[C@H]1C(=O)Nc1ccc(CN(Cc2ccc(NC(=O)[C@@H]3CCCN3C(=O)[C@@H](NC(=O)O)C(C)(C)C)cc2)c2ccccc2)cc1)c1ccccc1. The molecule has 2 aliphatic rings. The van der Waals surface area contributed by atoms with E-state index in [0.29, 0.717) is 56.8 Å². The number of nitrogens with one attached hydrogen (secondary N) is 3. The van der Waals surface area contributed by atoms with E-state index in [0.717, 1.165) is 28.8 Å². The van der Waals surface area contributed by atoms with E-state index in [2.05, 4.69) is 33.0 Å². The quantitative estimate of drug-likeness (QED) is 0.109. The van der Waals surface area contributed by atoms with E-state index in [1.165, 1.54) is 4.90 Å². The summed E-state index contributed by atoms with van der Waals surface area (Å²) in [7, 11) is 3.76. The molecule has 0 radical (unpaired) electrons. The number of likely N-dealkylation sites (tertiary alicyclic amines) is 2. The van der Waals surface area contributed by atoms with Crippen LogP contribution >= 0.6 is 0 Å². The molecule has 2 fully saturated rings. The number of para-hydroxylation sites is 1. The maximum atomic E-state index is 13.8. The normalized spacial score (nSPS) is 17.5. The van der Waals surface area contributed by atoms with Gasteiger partial charge in [0.1, 0.15) is 24.2 Å². The first-order valence-electron chi connectivity index (χ1n) is 20.6. The summed E-state index contributed by atoms with van der Waals surface area (Å²) in [5.41, 5.74) is 4.57. The van der Waals surface area contributed by atoms with Gasteiger partial charge in [-0.25, -0.2) is 4.79 Å². The first kappa shape index (κ1) is 43.4. The predicted molar refractivity (Wildman–Crippen MR) is 233 cm³/mol. The second-order valence-corrected chi connectivity index (χ2v) is 17.0. The van der Waals surface area contributed by atoms with Gasteiger partial charge in [0.05, 0.1) is 0 Å². The molecule has 4 aromatic carbocycles. The van der Waals surface area contributed by atoms with Crippen molar-refractivity contribution in [3.63, 3.8) is 0 Å². The fourth-order valence-corrected chi connectivity index (χ4v) is 8.15. The molecule has 0 saturated carbocycles. The zero-order chi connectivity index (χ0) is 43.0. The molecule has 0 aromatic heterocycles. The van der Waals surface area contributed by atoms with Crippen LogP contribution in [0.5, 0.6) is 0 Å². The molecule has 0 bridgehead atoms. The van der Waals surface area contributed by atoms with Crippen molar-refractivity contribution in [3.05, 3.63) is 126 Å². The van der Waals surface area contributed by atoms with Crippen LogP contribution in [0.4, 0.5) is 21.9 Å². The number of likely N-dealkylation sites (N-methyl/N-ethyl adjacent to an activating group) is 1. The minimum Gasteiger partial charge on any atom is -0.465 e. The molecule has 60 heavy (non-hydrogen) atoms. The molecule has 2 aliphatic heterocycles. The van der Waals surface area contributed by atoms with Crippen molar-refractivity contribution < 1.29 is 29.1 Å². The summed E-state index contributed by atoms with van der Waals surface area (Å²) in [4.78, 5) is 73.2. The zero-order valence-corrected chi connectivity index (χ0v) is 35.1. The van der Waals surface area contributed by atoms with Gasteiger partial charge in [-0.1, -0.05) is 93.6 Å². The molecule has 316 valence electrons. The van der Waals surface area contributed by atoms with Crippen LogP contribution in [0, 0.1) is 5.41 Å². The van der Waals surface area contributed by atoms with Gasteiger partial charge in [-0.2, -0.15) is 0 Å². The third-order valence-corrected chi connectivity index (χ3v) is 11.2. The summed E-state index contributed by atoms with van der Waals surface area (Å²) in [6.07, 6.45) is 1.23. The van der Waals surface area contributed by atoms with Gasteiger partial charge in [-0.05, 0) is 98.3 Å². The van der Waals surface area contributed by atoms with Crippen molar-refractivity contribution in [1.82, 2.24) is 20.0 Å². The van der Waals surface area contributed by atoms with Gasteiger partial charge in [0, 0.05) is 43.2 Å². The minimum atomic E-state index is -1.28.